The van der Waals surface area contributed by atoms with Gasteiger partial charge in [0.1, 0.15) is 5.75 Å². The van der Waals surface area contributed by atoms with Gasteiger partial charge in [0.25, 0.3) is 0 Å². The largest absolute Gasteiger partial charge is 0.497 e. The van der Waals surface area contributed by atoms with E-state index in [1.54, 1.807) is 31.4 Å². The molecular formula is C21H16ClF3N6O2S2. The summed E-state index contributed by atoms with van der Waals surface area (Å²) in [5.74, 6) is 0.371. The van der Waals surface area contributed by atoms with Gasteiger partial charge < -0.3 is 10.1 Å². The van der Waals surface area contributed by atoms with Gasteiger partial charge in [0, 0.05) is 22.5 Å². The Hall–Kier alpha value is -3.16. The van der Waals surface area contributed by atoms with Crippen LogP contribution in [-0.2, 0) is 17.4 Å². The third-order valence-electron chi connectivity index (χ3n) is 4.63. The minimum absolute atomic E-state index is 0.0187. The van der Waals surface area contributed by atoms with Crippen LogP contribution in [0, 0.1) is 0 Å². The number of aromatic nitrogens is 5. The quantitative estimate of drug-likeness (QED) is 0.310. The summed E-state index contributed by atoms with van der Waals surface area (Å²) in [6.45, 7) is 0. The number of nitrogens with zero attached hydrogens (tertiary/aromatic N) is 5. The van der Waals surface area contributed by atoms with Crippen LogP contribution in [0.5, 0.6) is 5.75 Å². The van der Waals surface area contributed by atoms with Gasteiger partial charge in [0.05, 0.1) is 24.1 Å². The van der Waals surface area contributed by atoms with Crippen LogP contribution >= 0.6 is 34.7 Å². The van der Waals surface area contributed by atoms with E-state index in [9.17, 15) is 18.0 Å². The molecule has 1 N–H and O–H groups in total. The number of anilines is 1. The molecule has 0 aliphatic carbocycles. The van der Waals surface area contributed by atoms with E-state index >= 15 is 0 Å². The maximum atomic E-state index is 13.0. The molecule has 2 aromatic carbocycles. The number of thioether (sulfide) groups is 1. The predicted molar refractivity (Wildman–Crippen MR) is 126 cm³/mol. The molecule has 4 rings (SSSR count). The number of carbonyl (C=O) groups is 1. The lowest BCUT2D eigenvalue weighted by Gasteiger charge is -2.09. The lowest BCUT2D eigenvalue weighted by atomic mass is 10.1. The van der Waals surface area contributed by atoms with E-state index in [1.807, 2.05) is 0 Å². The van der Waals surface area contributed by atoms with Gasteiger partial charge in [-0.1, -0.05) is 23.4 Å². The predicted octanol–water partition coefficient (Wildman–Crippen LogP) is 5.12. The Morgan fingerprint density at radius 2 is 2.00 bits per heavy atom. The van der Waals surface area contributed by atoms with Gasteiger partial charge in [0.2, 0.25) is 11.1 Å². The summed E-state index contributed by atoms with van der Waals surface area (Å²) in [6.07, 6.45) is -2.81. The SMILES string of the molecule is COc1ccc(-n2nnnc2SCC(=O)Nc2ncc(Cc3cc(C(F)(F)F)ccc3Cl)s2)cc1. The highest BCUT2D eigenvalue weighted by molar-refractivity contribution is 7.99. The molecule has 4 aromatic rings. The van der Waals surface area contributed by atoms with E-state index in [2.05, 4.69) is 25.8 Å². The number of benzene rings is 2. The van der Waals surface area contributed by atoms with Gasteiger partial charge in [-0.15, -0.1) is 16.4 Å². The fraction of sp³-hybridized carbons (Fsp3) is 0.190. The zero-order valence-corrected chi connectivity index (χ0v) is 20.3. The second-order valence-electron chi connectivity index (χ2n) is 7.02. The monoisotopic (exact) mass is 540 g/mol. The highest BCUT2D eigenvalue weighted by Gasteiger charge is 2.31. The number of alkyl halides is 3. The molecule has 35 heavy (non-hydrogen) atoms. The number of amides is 1. The first-order chi connectivity index (χ1) is 16.7. The van der Waals surface area contributed by atoms with Crippen molar-refractivity contribution in [2.45, 2.75) is 17.8 Å². The van der Waals surface area contributed by atoms with E-state index in [-0.39, 0.29) is 23.1 Å². The van der Waals surface area contributed by atoms with Gasteiger partial charge in [-0.2, -0.15) is 17.9 Å². The molecule has 0 unspecified atom stereocenters. The molecule has 2 heterocycles. The molecule has 0 fully saturated rings. The highest BCUT2D eigenvalue weighted by atomic mass is 35.5. The Balaban J connectivity index is 1.35. The fourth-order valence-corrected chi connectivity index (χ4v) is 4.69. The van der Waals surface area contributed by atoms with Crippen molar-refractivity contribution in [3.8, 4) is 11.4 Å². The zero-order valence-electron chi connectivity index (χ0n) is 17.9. The van der Waals surface area contributed by atoms with Crippen LogP contribution in [0.4, 0.5) is 18.3 Å². The topological polar surface area (TPSA) is 94.8 Å². The van der Waals surface area contributed by atoms with E-state index in [0.717, 1.165) is 35.2 Å². The molecule has 0 saturated heterocycles. The number of halogens is 4. The van der Waals surface area contributed by atoms with Crippen LogP contribution in [0.2, 0.25) is 5.02 Å². The van der Waals surface area contributed by atoms with Crippen LogP contribution in [0.3, 0.4) is 0 Å². The zero-order chi connectivity index (χ0) is 25.0. The Morgan fingerprint density at radius 3 is 2.71 bits per heavy atom. The fourth-order valence-electron chi connectivity index (χ4n) is 2.96. The molecule has 1 amide bonds. The Kier molecular flexibility index (Phi) is 7.57. The summed E-state index contributed by atoms with van der Waals surface area (Å²) in [6, 6.07) is 10.3. The normalized spacial score (nSPS) is 11.5. The van der Waals surface area contributed by atoms with Crippen LogP contribution in [0.25, 0.3) is 5.69 Å². The second-order valence-corrected chi connectivity index (χ2v) is 9.49. The third kappa shape index (κ3) is 6.29. The molecule has 0 aliphatic heterocycles. The molecule has 182 valence electrons. The number of hydrogen-bond donors (Lipinski definition) is 1. The molecule has 0 spiro atoms. The van der Waals surface area contributed by atoms with Crippen molar-refractivity contribution in [1.82, 2.24) is 25.2 Å². The van der Waals surface area contributed by atoms with Crippen molar-refractivity contribution in [1.29, 1.82) is 0 Å². The molecule has 8 nitrogen and oxygen atoms in total. The minimum Gasteiger partial charge on any atom is -0.497 e. The van der Waals surface area contributed by atoms with Gasteiger partial charge in [0.15, 0.2) is 5.13 Å². The van der Waals surface area contributed by atoms with Gasteiger partial charge in [-0.3, -0.25) is 4.79 Å². The van der Waals surface area contributed by atoms with E-state index in [1.165, 1.54) is 16.9 Å². The standard InChI is InChI=1S/C21H16ClF3N6O2S2/c1-33-15-5-3-14(4-6-15)31-20(28-29-30-31)34-11-18(32)27-19-26-10-16(35-19)9-12-8-13(21(23,24)25)2-7-17(12)22/h2-8,10H,9,11H2,1H3,(H,26,27,32). The van der Waals surface area contributed by atoms with Crippen molar-refractivity contribution in [2.24, 2.45) is 0 Å². The molecule has 0 radical (unpaired) electrons. The number of methoxy groups -OCH3 is 1. The second kappa shape index (κ2) is 10.6. The van der Waals surface area contributed by atoms with Gasteiger partial charge in [-0.25, -0.2) is 4.98 Å². The lowest BCUT2D eigenvalue weighted by Crippen LogP contribution is -2.14. The molecule has 0 bridgehead atoms. The molecule has 14 heteroatoms. The third-order valence-corrected chi connectivity index (χ3v) is 6.83. The molecule has 0 saturated carbocycles. The van der Waals surface area contributed by atoms with E-state index in [0.29, 0.717) is 32.2 Å². The van der Waals surface area contributed by atoms with Crippen LogP contribution < -0.4 is 10.1 Å². The molecule has 0 aliphatic rings. The molecule has 0 atom stereocenters. The molecular weight excluding hydrogens is 525 g/mol. The maximum absolute atomic E-state index is 13.0. The van der Waals surface area contributed by atoms with Gasteiger partial charge in [-0.05, 0) is 58.5 Å². The van der Waals surface area contributed by atoms with Crippen molar-refractivity contribution in [2.75, 3.05) is 18.2 Å². The summed E-state index contributed by atoms with van der Waals surface area (Å²) < 4.78 is 45.6. The number of thiazole rings is 1. The maximum Gasteiger partial charge on any atom is 0.416 e. The highest BCUT2D eigenvalue weighted by Crippen LogP contribution is 2.33. The van der Waals surface area contributed by atoms with Crippen molar-refractivity contribution < 1.29 is 22.7 Å². The summed E-state index contributed by atoms with van der Waals surface area (Å²) in [7, 11) is 1.57. The van der Waals surface area contributed by atoms with Gasteiger partial charge >= 0.3 is 6.18 Å². The van der Waals surface area contributed by atoms with E-state index in [4.69, 9.17) is 16.3 Å². The number of hydrogen-bond acceptors (Lipinski definition) is 8. The first-order valence-corrected chi connectivity index (χ1v) is 12.1. The average molecular weight is 541 g/mol. The van der Waals surface area contributed by atoms with Crippen LogP contribution in [0.15, 0.2) is 53.8 Å². The number of carbonyl (C=O) groups excluding carboxylic acids is 1. The van der Waals surface area contributed by atoms with Crippen molar-refractivity contribution in [3.63, 3.8) is 0 Å². The van der Waals surface area contributed by atoms with Crippen LogP contribution in [0.1, 0.15) is 16.0 Å². The van der Waals surface area contributed by atoms with Crippen LogP contribution in [-0.4, -0.2) is 44.0 Å². The number of tetrazole rings is 1. The Bertz CT molecular complexity index is 1330. The smallest absolute Gasteiger partial charge is 0.416 e. The number of rotatable bonds is 8. The van der Waals surface area contributed by atoms with E-state index < -0.39 is 11.7 Å². The Labute approximate surface area is 210 Å². The summed E-state index contributed by atoms with van der Waals surface area (Å²) >= 11 is 8.36. The number of nitrogens with one attached hydrogen (secondary N) is 1. The molecule has 2 aromatic heterocycles. The summed E-state index contributed by atoms with van der Waals surface area (Å²) in [5, 5.41) is 15.2. The van der Waals surface area contributed by atoms with Crippen molar-refractivity contribution in [3.05, 3.63) is 69.7 Å². The van der Waals surface area contributed by atoms with Crippen molar-refractivity contribution >= 4 is 45.7 Å². The minimum atomic E-state index is -4.46. The lowest BCUT2D eigenvalue weighted by molar-refractivity contribution is -0.137. The first-order valence-electron chi connectivity index (χ1n) is 9.88. The summed E-state index contributed by atoms with van der Waals surface area (Å²) in [4.78, 5) is 17.2. The first kappa shape index (κ1) is 24.9. The Morgan fingerprint density at radius 1 is 1.23 bits per heavy atom. The number of ether oxygens (including phenoxy) is 1. The average Bonchev–Trinajstić information content (AvgIpc) is 3.48. The summed E-state index contributed by atoms with van der Waals surface area (Å²) in [5.41, 5.74) is 0.254.